The lowest BCUT2D eigenvalue weighted by Gasteiger charge is -2.09. The summed E-state index contributed by atoms with van der Waals surface area (Å²) in [4.78, 5) is 24.5. The molecule has 25 heavy (non-hydrogen) atoms. The van der Waals surface area contributed by atoms with Crippen molar-refractivity contribution in [2.75, 3.05) is 11.9 Å². The van der Waals surface area contributed by atoms with Crippen molar-refractivity contribution in [1.82, 2.24) is 19.5 Å². The van der Waals surface area contributed by atoms with Crippen molar-refractivity contribution in [1.29, 1.82) is 0 Å². The molecule has 0 unspecified atom stereocenters. The number of anilines is 1. The van der Waals surface area contributed by atoms with E-state index < -0.39 is 0 Å². The Hall–Kier alpha value is -2.64. The summed E-state index contributed by atoms with van der Waals surface area (Å²) in [7, 11) is 0. The lowest BCUT2D eigenvalue weighted by molar-refractivity contribution is -0.118. The second-order valence-corrected chi connectivity index (χ2v) is 5.87. The number of ether oxygens (including phenoxy) is 1. The first kappa shape index (κ1) is 17.2. The number of nitrogens with zero attached hydrogens (tertiary/aromatic N) is 4. The number of rotatable bonds is 5. The van der Waals surface area contributed by atoms with Gasteiger partial charge in [-0.05, 0) is 25.1 Å². The molecule has 3 rings (SSSR count). The predicted octanol–water partition coefficient (Wildman–Crippen LogP) is 3.30. The minimum atomic E-state index is -0.360. The molecule has 3 aromatic rings. The van der Waals surface area contributed by atoms with Gasteiger partial charge in [-0.2, -0.15) is 0 Å². The summed E-state index contributed by atoms with van der Waals surface area (Å²) >= 11 is 11.8. The summed E-state index contributed by atoms with van der Waals surface area (Å²) in [5.41, 5.74) is 0.456. The first-order valence-corrected chi connectivity index (χ1v) is 7.98. The zero-order valence-corrected chi connectivity index (χ0v) is 14.6. The van der Waals surface area contributed by atoms with E-state index in [-0.39, 0.29) is 12.5 Å². The Kier molecular flexibility index (Phi) is 5.16. The molecular weight excluding hydrogens is 365 g/mol. The molecule has 7 nitrogen and oxygen atoms in total. The molecule has 9 heteroatoms. The van der Waals surface area contributed by atoms with Gasteiger partial charge in [-0.15, -0.1) is 0 Å². The maximum absolute atomic E-state index is 12.0. The Morgan fingerprint density at radius 1 is 1.24 bits per heavy atom. The lowest BCUT2D eigenvalue weighted by atomic mass is 10.3. The number of halogens is 2. The summed E-state index contributed by atoms with van der Waals surface area (Å²) in [5, 5.41) is 3.48. The van der Waals surface area contributed by atoms with Gasteiger partial charge < -0.3 is 10.1 Å². The van der Waals surface area contributed by atoms with E-state index in [9.17, 15) is 4.79 Å². The molecule has 0 saturated carbocycles. The highest BCUT2D eigenvalue weighted by Crippen LogP contribution is 2.27. The average Bonchev–Trinajstić information content (AvgIpc) is 3.01. The van der Waals surface area contributed by atoms with Crippen LogP contribution in [-0.2, 0) is 4.79 Å². The van der Waals surface area contributed by atoms with Crippen LogP contribution in [0.15, 0.2) is 43.0 Å². The fourth-order valence-electron chi connectivity index (χ4n) is 2.03. The molecular formula is C16H13Cl2N5O2. The molecule has 2 aromatic heterocycles. The van der Waals surface area contributed by atoms with Gasteiger partial charge in [-0.3, -0.25) is 9.36 Å². The van der Waals surface area contributed by atoms with E-state index in [0.29, 0.717) is 27.4 Å². The van der Waals surface area contributed by atoms with Crippen molar-refractivity contribution in [2.45, 2.75) is 6.92 Å². The van der Waals surface area contributed by atoms with Crippen molar-refractivity contribution in [3.05, 3.63) is 58.9 Å². The normalized spacial score (nSPS) is 10.5. The summed E-state index contributed by atoms with van der Waals surface area (Å²) in [6, 6.07) is 4.77. The average molecular weight is 378 g/mol. The number of hydrogen-bond donors (Lipinski definition) is 1. The summed E-state index contributed by atoms with van der Waals surface area (Å²) in [6.07, 6.45) is 6.43. The van der Waals surface area contributed by atoms with Crippen LogP contribution in [0.4, 0.5) is 5.69 Å². The van der Waals surface area contributed by atoms with Gasteiger partial charge in [0.15, 0.2) is 6.61 Å². The number of aromatic nitrogens is 4. The molecule has 0 spiro atoms. The molecule has 0 aliphatic carbocycles. The van der Waals surface area contributed by atoms with Gasteiger partial charge in [0.1, 0.15) is 11.6 Å². The third kappa shape index (κ3) is 4.26. The van der Waals surface area contributed by atoms with Crippen molar-refractivity contribution < 1.29 is 9.53 Å². The number of imidazole rings is 1. The van der Waals surface area contributed by atoms with Gasteiger partial charge >= 0.3 is 0 Å². The Morgan fingerprint density at radius 2 is 2.00 bits per heavy atom. The monoisotopic (exact) mass is 377 g/mol. The number of hydrogen-bond acceptors (Lipinski definition) is 5. The molecule has 0 aliphatic rings. The molecule has 1 aromatic carbocycles. The topological polar surface area (TPSA) is 81.9 Å². The molecule has 0 saturated heterocycles. The van der Waals surface area contributed by atoms with E-state index in [0.717, 1.165) is 5.82 Å². The third-order valence-corrected chi connectivity index (χ3v) is 3.75. The Labute approximate surface area is 153 Å². The molecule has 0 fully saturated rings. The van der Waals surface area contributed by atoms with Crippen LogP contribution in [0.2, 0.25) is 10.0 Å². The third-order valence-electron chi connectivity index (χ3n) is 3.22. The van der Waals surface area contributed by atoms with E-state index in [1.807, 2.05) is 6.92 Å². The van der Waals surface area contributed by atoms with E-state index in [4.69, 9.17) is 27.9 Å². The van der Waals surface area contributed by atoms with Gasteiger partial charge in [-0.25, -0.2) is 15.0 Å². The van der Waals surface area contributed by atoms with E-state index in [2.05, 4.69) is 20.3 Å². The van der Waals surface area contributed by atoms with Gasteiger partial charge in [0.05, 0.1) is 23.1 Å². The quantitative estimate of drug-likeness (QED) is 0.737. The van der Waals surface area contributed by atoms with Crippen LogP contribution in [-0.4, -0.2) is 32.0 Å². The standard InChI is InChI=1S/C16H13Cl2N5O2/c1-10-19-4-5-23(10)16-20-7-12(8-21-16)22-15(24)9-25-14-3-2-11(17)6-13(14)18/h2-8H,9H2,1H3,(H,22,24). The van der Waals surface area contributed by atoms with Crippen LogP contribution in [0.3, 0.4) is 0 Å². The fourth-order valence-corrected chi connectivity index (χ4v) is 2.50. The van der Waals surface area contributed by atoms with Gasteiger partial charge in [0, 0.05) is 17.4 Å². The first-order valence-electron chi connectivity index (χ1n) is 7.23. The van der Waals surface area contributed by atoms with Crippen molar-refractivity contribution >= 4 is 34.8 Å². The van der Waals surface area contributed by atoms with Crippen molar-refractivity contribution in [3.63, 3.8) is 0 Å². The summed E-state index contributed by atoms with van der Waals surface area (Å²) in [6.45, 7) is 1.64. The minimum Gasteiger partial charge on any atom is -0.482 e. The molecule has 1 N–H and O–H groups in total. The number of aryl methyl sites for hydroxylation is 1. The number of carbonyl (C=O) groups is 1. The van der Waals surface area contributed by atoms with Crippen LogP contribution in [0, 0.1) is 6.92 Å². The van der Waals surface area contributed by atoms with Crippen LogP contribution in [0.5, 0.6) is 5.75 Å². The second kappa shape index (κ2) is 7.50. The second-order valence-electron chi connectivity index (χ2n) is 5.03. The zero-order chi connectivity index (χ0) is 17.8. The van der Waals surface area contributed by atoms with Gasteiger partial charge in [0.25, 0.3) is 5.91 Å². The molecule has 0 aliphatic heterocycles. The number of benzene rings is 1. The Morgan fingerprint density at radius 3 is 2.64 bits per heavy atom. The summed E-state index contributed by atoms with van der Waals surface area (Å²) < 4.78 is 7.10. The highest BCUT2D eigenvalue weighted by molar-refractivity contribution is 6.35. The zero-order valence-electron chi connectivity index (χ0n) is 13.1. The molecule has 1 amide bonds. The first-order chi connectivity index (χ1) is 12.0. The number of carbonyl (C=O) groups excluding carboxylic acids is 1. The fraction of sp³-hybridized carbons (Fsp3) is 0.125. The van der Waals surface area contributed by atoms with Crippen molar-refractivity contribution in [2.24, 2.45) is 0 Å². The summed E-state index contributed by atoms with van der Waals surface area (Å²) in [5.74, 6) is 1.26. The molecule has 0 atom stereocenters. The smallest absolute Gasteiger partial charge is 0.262 e. The molecule has 128 valence electrons. The van der Waals surface area contributed by atoms with E-state index in [1.165, 1.54) is 12.4 Å². The SMILES string of the molecule is Cc1nccn1-c1ncc(NC(=O)COc2ccc(Cl)cc2Cl)cn1. The Balaban J connectivity index is 1.58. The maximum atomic E-state index is 12.0. The Bertz CT molecular complexity index is 896. The molecule has 0 bridgehead atoms. The predicted molar refractivity (Wildman–Crippen MR) is 94.5 cm³/mol. The van der Waals surface area contributed by atoms with Crippen LogP contribution < -0.4 is 10.1 Å². The van der Waals surface area contributed by atoms with Crippen LogP contribution in [0.25, 0.3) is 5.95 Å². The maximum Gasteiger partial charge on any atom is 0.262 e. The lowest BCUT2D eigenvalue weighted by Crippen LogP contribution is -2.20. The van der Waals surface area contributed by atoms with E-state index in [1.54, 1.807) is 35.2 Å². The number of nitrogens with one attached hydrogen (secondary N) is 1. The van der Waals surface area contributed by atoms with Crippen LogP contribution in [0.1, 0.15) is 5.82 Å². The minimum absolute atomic E-state index is 0.205. The molecule has 2 heterocycles. The molecule has 0 radical (unpaired) electrons. The highest BCUT2D eigenvalue weighted by Gasteiger charge is 2.08. The van der Waals surface area contributed by atoms with Gasteiger partial charge in [0.2, 0.25) is 5.95 Å². The van der Waals surface area contributed by atoms with Crippen molar-refractivity contribution in [3.8, 4) is 11.7 Å². The highest BCUT2D eigenvalue weighted by atomic mass is 35.5. The number of amides is 1. The largest absolute Gasteiger partial charge is 0.482 e. The van der Waals surface area contributed by atoms with E-state index >= 15 is 0 Å². The van der Waals surface area contributed by atoms with Crippen LogP contribution >= 0.6 is 23.2 Å². The van der Waals surface area contributed by atoms with Gasteiger partial charge in [-0.1, -0.05) is 23.2 Å².